The zero-order valence-electron chi connectivity index (χ0n) is 11.5. The van der Waals surface area contributed by atoms with E-state index < -0.39 is 16.2 Å². The van der Waals surface area contributed by atoms with Gasteiger partial charge < -0.3 is 10.0 Å². The Morgan fingerprint density at radius 3 is 2.33 bits per heavy atom. The fourth-order valence-electron chi connectivity index (χ4n) is 2.69. The normalized spacial score (nSPS) is 17.0. The van der Waals surface area contributed by atoms with Gasteiger partial charge in [0.05, 0.1) is 0 Å². The molecule has 1 aromatic rings. The summed E-state index contributed by atoms with van der Waals surface area (Å²) in [6, 6.07) is 1.47. The third-order valence-corrected chi connectivity index (χ3v) is 4.59. The maximum atomic E-state index is 11.4. The molecule has 0 aliphatic carbocycles. The standard InChI is InChI=1S/C12H17N3O5S/c1-8(16)14-5-2-9(3-6-14)10-4-7-15(21(13,19)20)11(10)12(17)18/h4,7,9H,2-3,5-6H2,1H3,(H,17,18)(H2,13,19,20). The molecular weight excluding hydrogens is 298 g/mol. The van der Waals surface area contributed by atoms with Crippen LogP contribution in [0.1, 0.15) is 41.7 Å². The lowest BCUT2D eigenvalue weighted by atomic mass is 9.89. The zero-order chi connectivity index (χ0) is 15.8. The summed E-state index contributed by atoms with van der Waals surface area (Å²) in [5, 5.41) is 14.3. The Morgan fingerprint density at radius 1 is 1.33 bits per heavy atom. The molecule has 1 aliphatic heterocycles. The van der Waals surface area contributed by atoms with E-state index in [1.165, 1.54) is 13.0 Å². The molecule has 0 atom stereocenters. The van der Waals surface area contributed by atoms with Gasteiger partial charge in [-0.05, 0) is 30.4 Å². The largest absolute Gasteiger partial charge is 0.477 e. The van der Waals surface area contributed by atoms with E-state index >= 15 is 0 Å². The smallest absolute Gasteiger partial charge is 0.353 e. The van der Waals surface area contributed by atoms with Crippen LogP contribution in [0.2, 0.25) is 0 Å². The summed E-state index contributed by atoms with van der Waals surface area (Å²) in [6.45, 7) is 2.54. The summed E-state index contributed by atoms with van der Waals surface area (Å²) in [5.74, 6) is -1.46. The monoisotopic (exact) mass is 315 g/mol. The molecule has 1 amide bonds. The Labute approximate surface area is 122 Å². The Hall–Kier alpha value is -1.87. The first-order valence-corrected chi connectivity index (χ1v) is 7.95. The molecule has 2 rings (SSSR count). The molecule has 3 N–H and O–H groups in total. The molecule has 1 saturated heterocycles. The predicted octanol–water partition coefficient (Wildman–Crippen LogP) is -0.0362. The number of nitrogens with zero attached hydrogens (tertiary/aromatic N) is 2. The molecule has 8 nitrogen and oxygen atoms in total. The molecule has 116 valence electrons. The van der Waals surface area contributed by atoms with Gasteiger partial charge in [0.1, 0.15) is 5.69 Å². The van der Waals surface area contributed by atoms with Crippen LogP contribution in [0.15, 0.2) is 12.3 Å². The topological polar surface area (TPSA) is 123 Å². The SMILES string of the molecule is CC(=O)N1CCC(c2ccn(S(N)(=O)=O)c2C(=O)O)CC1. The van der Waals surface area contributed by atoms with Gasteiger partial charge in [0.2, 0.25) is 5.91 Å². The maximum absolute atomic E-state index is 11.4. The van der Waals surface area contributed by atoms with Crippen LogP contribution in [0, 0.1) is 0 Å². The Bertz CT molecular complexity index is 671. The molecule has 1 aliphatic rings. The van der Waals surface area contributed by atoms with Gasteiger partial charge in [-0.2, -0.15) is 8.42 Å². The highest BCUT2D eigenvalue weighted by Gasteiger charge is 2.29. The number of carbonyl (C=O) groups is 2. The molecule has 0 spiro atoms. The summed E-state index contributed by atoms with van der Waals surface area (Å²) in [4.78, 5) is 24.3. The van der Waals surface area contributed by atoms with Crippen LogP contribution in [-0.4, -0.2) is 47.4 Å². The van der Waals surface area contributed by atoms with Crippen LogP contribution in [0.5, 0.6) is 0 Å². The highest BCUT2D eigenvalue weighted by Crippen LogP contribution is 2.31. The van der Waals surface area contributed by atoms with E-state index in [2.05, 4.69) is 0 Å². The first kappa shape index (κ1) is 15.5. The van der Waals surface area contributed by atoms with Crippen molar-refractivity contribution in [1.29, 1.82) is 0 Å². The highest BCUT2D eigenvalue weighted by molar-refractivity contribution is 7.87. The van der Waals surface area contributed by atoms with Crippen molar-refractivity contribution in [3.63, 3.8) is 0 Å². The number of nitrogens with two attached hydrogens (primary N) is 1. The second-order valence-corrected chi connectivity index (χ2v) is 6.47. The summed E-state index contributed by atoms with van der Waals surface area (Å²) in [6.07, 6.45) is 2.34. The summed E-state index contributed by atoms with van der Waals surface area (Å²) in [7, 11) is -4.15. The molecule has 0 radical (unpaired) electrons. The molecule has 21 heavy (non-hydrogen) atoms. The second kappa shape index (κ2) is 5.49. The maximum Gasteiger partial charge on any atom is 0.353 e. The lowest BCUT2D eigenvalue weighted by molar-refractivity contribution is -0.129. The number of likely N-dealkylation sites (tertiary alicyclic amines) is 1. The van der Waals surface area contributed by atoms with Gasteiger partial charge in [0.15, 0.2) is 0 Å². The minimum Gasteiger partial charge on any atom is -0.477 e. The molecular formula is C12H17N3O5S. The number of carboxylic acids is 1. The average Bonchev–Trinajstić information content (AvgIpc) is 2.83. The van der Waals surface area contributed by atoms with Crippen LogP contribution in [-0.2, 0) is 15.0 Å². The molecule has 0 saturated carbocycles. The Balaban J connectivity index is 2.32. The first-order chi connectivity index (χ1) is 9.71. The second-order valence-electron chi connectivity index (χ2n) is 5.05. The third-order valence-electron chi connectivity index (χ3n) is 3.74. The van der Waals surface area contributed by atoms with Gasteiger partial charge in [0, 0.05) is 26.2 Å². The molecule has 9 heteroatoms. The van der Waals surface area contributed by atoms with Gasteiger partial charge >= 0.3 is 16.2 Å². The molecule has 2 heterocycles. The van der Waals surface area contributed by atoms with Crippen molar-refractivity contribution < 1.29 is 23.1 Å². The fraction of sp³-hybridized carbons (Fsp3) is 0.500. The van der Waals surface area contributed by atoms with Gasteiger partial charge in [-0.15, -0.1) is 0 Å². The van der Waals surface area contributed by atoms with E-state index in [-0.39, 0.29) is 17.5 Å². The van der Waals surface area contributed by atoms with Crippen molar-refractivity contribution >= 4 is 22.1 Å². The molecule has 1 fully saturated rings. The number of hydrogen-bond donors (Lipinski definition) is 2. The zero-order valence-corrected chi connectivity index (χ0v) is 12.3. The quantitative estimate of drug-likeness (QED) is 0.810. The van der Waals surface area contributed by atoms with E-state index in [0.29, 0.717) is 35.5 Å². The number of aromatic carboxylic acids is 1. The molecule has 1 aromatic heterocycles. The number of hydrogen-bond acceptors (Lipinski definition) is 4. The molecule has 0 unspecified atom stereocenters. The van der Waals surface area contributed by atoms with Crippen molar-refractivity contribution in [2.45, 2.75) is 25.7 Å². The lowest BCUT2D eigenvalue weighted by Gasteiger charge is -2.31. The van der Waals surface area contributed by atoms with Crippen molar-refractivity contribution in [1.82, 2.24) is 8.87 Å². The minimum absolute atomic E-state index is 0.0194. The third kappa shape index (κ3) is 3.08. The van der Waals surface area contributed by atoms with Gasteiger partial charge in [-0.1, -0.05) is 0 Å². The van der Waals surface area contributed by atoms with E-state index in [0.717, 1.165) is 6.20 Å². The van der Waals surface area contributed by atoms with Crippen molar-refractivity contribution in [2.75, 3.05) is 13.1 Å². The predicted molar refractivity (Wildman–Crippen MR) is 74.1 cm³/mol. The van der Waals surface area contributed by atoms with E-state index in [1.807, 2.05) is 0 Å². The van der Waals surface area contributed by atoms with E-state index in [1.54, 1.807) is 4.90 Å². The van der Waals surface area contributed by atoms with Gasteiger partial charge in [-0.25, -0.2) is 13.9 Å². The number of amides is 1. The van der Waals surface area contributed by atoms with Crippen molar-refractivity contribution in [2.24, 2.45) is 5.14 Å². The fourth-order valence-corrected chi connectivity index (χ4v) is 3.36. The number of rotatable bonds is 3. The lowest BCUT2D eigenvalue weighted by Crippen LogP contribution is -2.36. The average molecular weight is 315 g/mol. The van der Waals surface area contributed by atoms with Crippen LogP contribution < -0.4 is 5.14 Å². The molecule has 0 aromatic carbocycles. The van der Waals surface area contributed by atoms with Crippen LogP contribution in [0.4, 0.5) is 0 Å². The van der Waals surface area contributed by atoms with Crippen LogP contribution in [0.3, 0.4) is 0 Å². The first-order valence-electron chi connectivity index (χ1n) is 6.45. The summed E-state index contributed by atoms with van der Waals surface area (Å²) in [5.41, 5.74) is 0.124. The Morgan fingerprint density at radius 2 is 1.90 bits per heavy atom. The van der Waals surface area contributed by atoms with Crippen LogP contribution >= 0.6 is 0 Å². The summed E-state index contributed by atoms with van der Waals surface area (Å²) >= 11 is 0. The number of carboxylic acid groups (broad SMARTS) is 1. The number of piperidine rings is 1. The molecule has 0 bridgehead atoms. The van der Waals surface area contributed by atoms with E-state index in [4.69, 9.17) is 5.14 Å². The number of aromatic nitrogens is 1. The van der Waals surface area contributed by atoms with Crippen molar-refractivity contribution in [3.8, 4) is 0 Å². The van der Waals surface area contributed by atoms with Gasteiger partial charge in [-0.3, -0.25) is 4.79 Å². The highest BCUT2D eigenvalue weighted by atomic mass is 32.2. The Kier molecular flexibility index (Phi) is 4.06. The van der Waals surface area contributed by atoms with Crippen LogP contribution in [0.25, 0.3) is 0 Å². The van der Waals surface area contributed by atoms with Crippen molar-refractivity contribution in [3.05, 3.63) is 23.5 Å². The minimum atomic E-state index is -4.15. The summed E-state index contributed by atoms with van der Waals surface area (Å²) < 4.78 is 23.4. The van der Waals surface area contributed by atoms with Gasteiger partial charge in [0.25, 0.3) is 0 Å². The number of carbonyl (C=O) groups excluding carboxylic acids is 1. The van der Waals surface area contributed by atoms with E-state index in [9.17, 15) is 23.1 Å².